The van der Waals surface area contributed by atoms with Gasteiger partial charge >= 0.3 is 0 Å². The second-order valence-corrected chi connectivity index (χ2v) is 5.51. The first-order valence-corrected chi connectivity index (χ1v) is 7.70. The largest absolute Gasteiger partial charge is 0.493 e. The van der Waals surface area contributed by atoms with Gasteiger partial charge in [-0.2, -0.15) is 5.10 Å². The lowest BCUT2D eigenvalue weighted by atomic mass is 10.2. The third-order valence-corrected chi connectivity index (χ3v) is 3.40. The molecule has 0 aliphatic rings. The van der Waals surface area contributed by atoms with Crippen LogP contribution in [-0.4, -0.2) is 18.2 Å². The normalized spacial score (nSPS) is 11.3. The molecule has 1 amide bonds. The van der Waals surface area contributed by atoms with Gasteiger partial charge in [-0.3, -0.25) is 4.79 Å². The van der Waals surface area contributed by atoms with Crippen LogP contribution in [0.25, 0.3) is 0 Å². The highest BCUT2D eigenvalue weighted by Gasteiger charge is 2.04. The predicted octanol–water partition coefficient (Wildman–Crippen LogP) is 3.94. The van der Waals surface area contributed by atoms with Gasteiger partial charge in [0, 0.05) is 11.4 Å². The van der Waals surface area contributed by atoms with Gasteiger partial charge in [0.2, 0.25) is 5.91 Å². The molecule has 2 rings (SSSR count). The number of nitrogens with one attached hydrogen (secondary N) is 1. The van der Waals surface area contributed by atoms with Gasteiger partial charge in [-0.05, 0) is 56.2 Å². The summed E-state index contributed by atoms with van der Waals surface area (Å²) in [6.07, 6.45) is 2.50. The molecule has 0 aliphatic heterocycles. The van der Waals surface area contributed by atoms with Crippen molar-refractivity contribution in [2.45, 2.75) is 26.7 Å². The molecule has 23 heavy (non-hydrogen) atoms. The Morgan fingerprint density at radius 1 is 1.39 bits per heavy atom. The average molecular weight is 335 g/mol. The van der Waals surface area contributed by atoms with Crippen LogP contribution in [0.15, 0.2) is 46.1 Å². The van der Waals surface area contributed by atoms with Crippen molar-refractivity contribution >= 4 is 23.2 Å². The predicted molar refractivity (Wildman–Crippen MR) is 90.0 cm³/mol. The van der Waals surface area contributed by atoms with Crippen LogP contribution in [0.4, 0.5) is 0 Å². The zero-order valence-corrected chi connectivity index (χ0v) is 13.9. The maximum atomic E-state index is 11.7. The fraction of sp³-hybridized carbons (Fsp3) is 0.294. The molecule has 0 saturated heterocycles. The van der Waals surface area contributed by atoms with Crippen molar-refractivity contribution < 1.29 is 13.9 Å². The second kappa shape index (κ2) is 8.39. The minimum Gasteiger partial charge on any atom is -0.493 e. The quantitative estimate of drug-likeness (QED) is 0.474. The van der Waals surface area contributed by atoms with E-state index in [0.29, 0.717) is 35.9 Å². The number of hydrogen-bond donors (Lipinski definition) is 1. The number of aryl methyl sites for hydroxylation is 1. The number of nitrogens with zero attached hydrogens (tertiary/aromatic N) is 1. The third-order valence-electron chi connectivity index (χ3n) is 3.17. The smallest absolute Gasteiger partial charge is 0.240 e. The van der Waals surface area contributed by atoms with E-state index < -0.39 is 0 Å². The molecule has 1 heterocycles. The molecule has 0 unspecified atom stereocenters. The molecular formula is C17H19ClN2O3. The van der Waals surface area contributed by atoms with Crippen molar-refractivity contribution in [2.75, 3.05) is 6.61 Å². The van der Waals surface area contributed by atoms with Crippen LogP contribution in [0.3, 0.4) is 0 Å². The summed E-state index contributed by atoms with van der Waals surface area (Å²) in [5, 5.41) is 4.67. The third kappa shape index (κ3) is 5.45. The Morgan fingerprint density at radius 2 is 2.22 bits per heavy atom. The Morgan fingerprint density at radius 3 is 2.91 bits per heavy atom. The summed E-state index contributed by atoms with van der Waals surface area (Å²) >= 11 is 5.89. The number of furan rings is 1. The molecule has 0 bridgehead atoms. The van der Waals surface area contributed by atoms with Crippen molar-refractivity contribution in [3.63, 3.8) is 0 Å². The first kappa shape index (κ1) is 17.1. The van der Waals surface area contributed by atoms with Gasteiger partial charge in [0.15, 0.2) is 0 Å². The average Bonchev–Trinajstić information content (AvgIpc) is 3.05. The van der Waals surface area contributed by atoms with Crippen LogP contribution in [0.1, 0.15) is 31.1 Å². The molecule has 1 N–H and O–H groups in total. The summed E-state index contributed by atoms with van der Waals surface area (Å²) in [5.74, 6) is 1.25. The van der Waals surface area contributed by atoms with Crippen LogP contribution < -0.4 is 10.2 Å². The highest BCUT2D eigenvalue weighted by molar-refractivity contribution is 6.30. The number of amides is 1. The number of hydrogen-bond acceptors (Lipinski definition) is 4. The van der Waals surface area contributed by atoms with Crippen molar-refractivity contribution in [2.24, 2.45) is 5.10 Å². The van der Waals surface area contributed by atoms with E-state index in [-0.39, 0.29) is 5.91 Å². The van der Waals surface area contributed by atoms with E-state index in [0.717, 1.165) is 11.3 Å². The summed E-state index contributed by atoms with van der Waals surface area (Å²) < 4.78 is 10.8. The summed E-state index contributed by atoms with van der Waals surface area (Å²) in [5.41, 5.74) is 4.10. The molecule has 0 aliphatic carbocycles. The number of ether oxygens (including phenoxy) is 1. The molecule has 6 heteroatoms. The van der Waals surface area contributed by atoms with Crippen LogP contribution in [0.5, 0.6) is 5.75 Å². The molecule has 5 nitrogen and oxygen atoms in total. The number of halogens is 1. The van der Waals surface area contributed by atoms with Crippen LogP contribution in [0, 0.1) is 6.92 Å². The van der Waals surface area contributed by atoms with Gasteiger partial charge in [0.1, 0.15) is 17.2 Å². The molecule has 122 valence electrons. The standard InChI is InChI=1S/C17H19ClN2O3/c1-12-11-14(18)7-8-15(12)22-10-4-6-17(21)20-19-13(2)16-5-3-9-23-16/h3,5,7-9,11H,4,6,10H2,1-2H3,(H,20,21). The fourth-order valence-electron chi connectivity index (χ4n) is 1.93. The summed E-state index contributed by atoms with van der Waals surface area (Å²) in [6, 6.07) is 9.01. The molecule has 1 aromatic carbocycles. The summed E-state index contributed by atoms with van der Waals surface area (Å²) in [6.45, 7) is 4.16. The zero-order chi connectivity index (χ0) is 16.7. The Kier molecular flexibility index (Phi) is 6.23. The number of benzene rings is 1. The minimum atomic E-state index is -0.160. The number of hydrazone groups is 1. The number of carbonyl (C=O) groups excluding carboxylic acids is 1. The second-order valence-electron chi connectivity index (χ2n) is 5.07. The van der Waals surface area contributed by atoms with Gasteiger partial charge in [-0.15, -0.1) is 0 Å². The molecule has 0 radical (unpaired) electrons. The van der Waals surface area contributed by atoms with Crippen molar-refractivity contribution in [1.82, 2.24) is 5.43 Å². The molecule has 0 saturated carbocycles. The van der Waals surface area contributed by atoms with Gasteiger partial charge in [0.05, 0.1) is 12.9 Å². The highest BCUT2D eigenvalue weighted by Crippen LogP contribution is 2.21. The maximum absolute atomic E-state index is 11.7. The van der Waals surface area contributed by atoms with Crippen molar-refractivity contribution in [3.8, 4) is 5.75 Å². The molecule has 0 fully saturated rings. The Labute approximate surface area is 140 Å². The van der Waals surface area contributed by atoms with Crippen LogP contribution in [0.2, 0.25) is 5.02 Å². The van der Waals surface area contributed by atoms with E-state index in [1.165, 1.54) is 0 Å². The maximum Gasteiger partial charge on any atom is 0.240 e. The van der Waals surface area contributed by atoms with Gasteiger partial charge < -0.3 is 9.15 Å². The number of carbonyl (C=O) groups is 1. The Hall–Kier alpha value is -2.27. The lowest BCUT2D eigenvalue weighted by Gasteiger charge is -2.09. The SMILES string of the molecule is CC(=NNC(=O)CCCOc1ccc(Cl)cc1C)c1ccco1. The molecule has 2 aromatic rings. The molecule has 0 spiro atoms. The summed E-state index contributed by atoms with van der Waals surface area (Å²) in [7, 11) is 0. The summed E-state index contributed by atoms with van der Waals surface area (Å²) in [4.78, 5) is 11.7. The lowest BCUT2D eigenvalue weighted by molar-refractivity contribution is -0.121. The van der Waals surface area contributed by atoms with Crippen molar-refractivity contribution in [1.29, 1.82) is 0 Å². The number of rotatable bonds is 7. The van der Waals surface area contributed by atoms with Crippen molar-refractivity contribution in [3.05, 3.63) is 52.9 Å². The Balaban J connectivity index is 1.70. The topological polar surface area (TPSA) is 63.8 Å². The van der Waals surface area contributed by atoms with E-state index in [1.54, 1.807) is 31.4 Å². The molecular weight excluding hydrogens is 316 g/mol. The van der Waals surface area contributed by atoms with Crippen LogP contribution >= 0.6 is 11.6 Å². The zero-order valence-electron chi connectivity index (χ0n) is 13.1. The van der Waals surface area contributed by atoms with E-state index in [2.05, 4.69) is 10.5 Å². The van der Waals surface area contributed by atoms with E-state index in [1.807, 2.05) is 19.1 Å². The Bertz CT molecular complexity index is 681. The van der Waals surface area contributed by atoms with E-state index >= 15 is 0 Å². The van der Waals surface area contributed by atoms with Gasteiger partial charge in [-0.1, -0.05) is 11.6 Å². The first-order chi connectivity index (χ1) is 11.1. The van der Waals surface area contributed by atoms with E-state index in [9.17, 15) is 4.79 Å². The van der Waals surface area contributed by atoms with Gasteiger partial charge in [-0.25, -0.2) is 5.43 Å². The molecule has 1 aromatic heterocycles. The molecule has 0 atom stereocenters. The van der Waals surface area contributed by atoms with Crippen LogP contribution in [-0.2, 0) is 4.79 Å². The first-order valence-electron chi connectivity index (χ1n) is 7.32. The lowest BCUT2D eigenvalue weighted by Crippen LogP contribution is -2.19. The minimum absolute atomic E-state index is 0.160. The fourth-order valence-corrected chi connectivity index (χ4v) is 2.16. The monoisotopic (exact) mass is 334 g/mol. The van der Waals surface area contributed by atoms with Gasteiger partial charge in [0.25, 0.3) is 0 Å². The van der Waals surface area contributed by atoms with E-state index in [4.69, 9.17) is 20.8 Å². The highest BCUT2D eigenvalue weighted by atomic mass is 35.5.